The zero-order valence-electron chi connectivity index (χ0n) is 4.39. The average molecular weight is 224 g/mol. The van der Waals surface area contributed by atoms with Crippen molar-refractivity contribution in [3.63, 3.8) is 0 Å². The Hall–Kier alpha value is 0.253. The third kappa shape index (κ3) is 2.53. The van der Waals surface area contributed by atoms with Crippen LogP contribution in [0.3, 0.4) is 0 Å². The largest absolute Gasteiger partial charge is 0.434 e. The van der Waals surface area contributed by atoms with Crippen LogP contribution >= 0.6 is 15.9 Å². The molecule has 0 aromatic rings. The van der Waals surface area contributed by atoms with Gasteiger partial charge in [-0.25, -0.2) is 6.08 Å². The van der Waals surface area contributed by atoms with Gasteiger partial charge >= 0.3 is 0 Å². The summed E-state index contributed by atoms with van der Waals surface area (Å²) in [6, 6.07) is 0. The van der Waals surface area contributed by atoms with E-state index in [9.17, 15) is 0 Å². The maximum atomic E-state index is 3.26. The molecular weight excluding hydrogens is 219 g/mol. The van der Waals surface area contributed by atoms with Crippen molar-refractivity contribution in [2.75, 3.05) is 0 Å². The van der Waals surface area contributed by atoms with Gasteiger partial charge in [0.05, 0.1) is 0 Å². The smallest absolute Gasteiger partial charge is 0 e. The third-order valence-electron chi connectivity index (χ3n) is 0.671. The van der Waals surface area contributed by atoms with Crippen molar-refractivity contribution in [2.45, 2.75) is 0 Å². The van der Waals surface area contributed by atoms with Gasteiger partial charge in [0.15, 0.2) is 0 Å². The molecule has 0 aromatic heterocycles. The first-order chi connectivity index (χ1) is 3.39. The van der Waals surface area contributed by atoms with Gasteiger partial charge in [0.1, 0.15) is 0 Å². The van der Waals surface area contributed by atoms with Crippen molar-refractivity contribution in [3.8, 4) is 0 Å². The number of hydrogen-bond acceptors (Lipinski definition) is 1. The van der Waals surface area contributed by atoms with Crippen LogP contribution in [0.2, 0.25) is 0 Å². The van der Waals surface area contributed by atoms with Crippen molar-refractivity contribution in [3.05, 3.63) is 29.4 Å². The van der Waals surface area contributed by atoms with E-state index >= 15 is 0 Å². The van der Waals surface area contributed by atoms with Crippen LogP contribution in [0.5, 0.6) is 0 Å². The number of hydrogen-bond donors (Lipinski definition) is 1. The summed E-state index contributed by atoms with van der Waals surface area (Å²) in [5.74, 6) is 0. The van der Waals surface area contributed by atoms with E-state index in [0.29, 0.717) is 0 Å². The molecule has 40 valence electrons. The van der Waals surface area contributed by atoms with Crippen LogP contribution in [-0.2, 0) is 19.5 Å². The first kappa shape index (κ1) is 8.25. The molecule has 0 aliphatic carbocycles. The molecule has 0 atom stereocenters. The molecule has 1 nitrogen and oxygen atoms in total. The first-order valence-electron chi connectivity index (χ1n) is 2.02. The monoisotopic (exact) mass is 222 g/mol. The van der Waals surface area contributed by atoms with Gasteiger partial charge in [-0.2, -0.15) is 22.0 Å². The maximum Gasteiger partial charge on any atom is 0 e. The van der Waals surface area contributed by atoms with E-state index in [-0.39, 0.29) is 19.5 Å². The molecular formula is C5H5BrNZn-. The number of allylic oxidation sites excluding steroid dienone is 2. The Morgan fingerprint density at radius 3 is 2.38 bits per heavy atom. The van der Waals surface area contributed by atoms with E-state index < -0.39 is 0 Å². The van der Waals surface area contributed by atoms with Crippen LogP contribution < -0.4 is 5.32 Å². The summed E-state index contributed by atoms with van der Waals surface area (Å²) >= 11 is 3.26. The van der Waals surface area contributed by atoms with Crippen LogP contribution in [0.1, 0.15) is 0 Å². The molecule has 1 rings (SSSR count). The fraction of sp³-hybridized carbons (Fsp3) is 0. The summed E-state index contributed by atoms with van der Waals surface area (Å²) in [4.78, 5) is 1.01. The van der Waals surface area contributed by atoms with Gasteiger partial charge in [0.2, 0.25) is 0 Å². The van der Waals surface area contributed by atoms with Gasteiger partial charge in [-0.3, -0.25) is 0 Å². The molecule has 1 heterocycles. The average Bonchev–Trinajstić information content (AvgIpc) is 1.69. The Morgan fingerprint density at radius 1 is 1.38 bits per heavy atom. The summed E-state index contributed by atoms with van der Waals surface area (Å²) in [6.07, 6.45) is 7.70. The molecule has 0 unspecified atom stereocenters. The summed E-state index contributed by atoms with van der Waals surface area (Å²) in [5.41, 5.74) is 0. The van der Waals surface area contributed by atoms with E-state index in [4.69, 9.17) is 0 Å². The molecule has 0 aromatic carbocycles. The van der Waals surface area contributed by atoms with Gasteiger partial charge in [0.25, 0.3) is 0 Å². The maximum absolute atomic E-state index is 3.26. The number of halogens is 1. The van der Waals surface area contributed by atoms with Crippen molar-refractivity contribution in [1.29, 1.82) is 0 Å². The zero-order chi connectivity index (χ0) is 5.11. The Labute approximate surface area is 70.1 Å². The van der Waals surface area contributed by atoms with Crippen molar-refractivity contribution in [1.82, 2.24) is 5.32 Å². The summed E-state index contributed by atoms with van der Waals surface area (Å²) in [5, 5.41) is 2.95. The van der Waals surface area contributed by atoms with Crippen molar-refractivity contribution in [2.24, 2.45) is 0 Å². The molecule has 0 saturated heterocycles. The molecule has 0 spiro atoms. The standard InChI is InChI=1S/C5H5BrN.Zn/c6-5-3-1-2-4-7-5;/h1-4,7H;/q-1;. The van der Waals surface area contributed by atoms with Gasteiger partial charge < -0.3 is 5.32 Å². The molecule has 0 fully saturated rings. The van der Waals surface area contributed by atoms with Crippen LogP contribution in [0.25, 0.3) is 0 Å². The minimum atomic E-state index is 0. The predicted molar refractivity (Wildman–Crippen MR) is 33.6 cm³/mol. The Balaban J connectivity index is 0.000000490. The Kier molecular flexibility index (Phi) is 4.30. The molecule has 3 heteroatoms. The molecule has 1 aliphatic heterocycles. The minimum absolute atomic E-state index is 0. The predicted octanol–water partition coefficient (Wildman–Crippen LogP) is 1.54. The van der Waals surface area contributed by atoms with Crippen LogP contribution in [0, 0.1) is 4.95 Å². The number of dihydropyridines is 1. The molecule has 0 saturated carbocycles. The molecule has 8 heavy (non-hydrogen) atoms. The van der Waals surface area contributed by atoms with Crippen LogP contribution in [0.15, 0.2) is 24.4 Å². The Morgan fingerprint density at radius 2 is 2.12 bits per heavy atom. The van der Waals surface area contributed by atoms with E-state index in [1.807, 2.05) is 24.4 Å². The Bertz CT molecular complexity index is 111. The normalized spacial score (nSPS) is 14.9. The molecule has 1 aliphatic rings. The third-order valence-corrected chi connectivity index (χ3v) is 1.16. The second-order valence-corrected chi connectivity index (χ2v) is 2.06. The van der Waals surface area contributed by atoms with Crippen molar-refractivity contribution < 1.29 is 19.5 Å². The summed E-state index contributed by atoms with van der Waals surface area (Å²) in [6.45, 7) is 0. The number of nitrogens with one attached hydrogen (secondary N) is 1. The minimum Gasteiger partial charge on any atom is -0.434 e. The van der Waals surface area contributed by atoms with E-state index in [0.717, 1.165) is 4.95 Å². The fourth-order valence-electron chi connectivity index (χ4n) is 0.371. The molecule has 1 N–H and O–H groups in total. The quantitative estimate of drug-likeness (QED) is 0.374. The van der Waals surface area contributed by atoms with Gasteiger partial charge in [-0.05, 0) is 6.20 Å². The first-order valence-corrected chi connectivity index (χ1v) is 2.81. The zero-order valence-corrected chi connectivity index (χ0v) is 8.95. The summed E-state index contributed by atoms with van der Waals surface area (Å²) < 4.78 is 0. The molecule has 0 bridgehead atoms. The summed E-state index contributed by atoms with van der Waals surface area (Å²) in [7, 11) is 0. The van der Waals surface area contributed by atoms with Gasteiger partial charge in [-0.15, -0.1) is 6.08 Å². The second kappa shape index (κ2) is 4.16. The van der Waals surface area contributed by atoms with Crippen LogP contribution in [0.4, 0.5) is 0 Å². The van der Waals surface area contributed by atoms with E-state index in [2.05, 4.69) is 21.2 Å². The van der Waals surface area contributed by atoms with Gasteiger partial charge in [-0.1, -0.05) is 4.95 Å². The van der Waals surface area contributed by atoms with E-state index in [1.54, 1.807) is 0 Å². The van der Waals surface area contributed by atoms with Gasteiger partial charge in [0, 0.05) is 19.5 Å². The molecule has 0 amide bonds. The fourth-order valence-corrected chi connectivity index (χ4v) is 0.656. The number of rotatable bonds is 0. The van der Waals surface area contributed by atoms with E-state index in [1.165, 1.54) is 0 Å². The van der Waals surface area contributed by atoms with Crippen LogP contribution in [-0.4, -0.2) is 0 Å². The topological polar surface area (TPSA) is 12.0 Å². The SMILES string of the molecule is Br[C-]1C=CC=CN1.[Zn]. The van der Waals surface area contributed by atoms with Crippen molar-refractivity contribution >= 4 is 15.9 Å². The second-order valence-electron chi connectivity index (χ2n) is 1.21. The molecule has 0 radical (unpaired) electrons.